The largest absolute Gasteiger partial charge is 0.491 e. The number of nitrogens with zero attached hydrogens (tertiary/aromatic N) is 1. The molecule has 1 saturated heterocycles. The first-order valence-corrected chi connectivity index (χ1v) is 6.48. The maximum Gasteiger partial charge on any atom is 0.308 e. The molecule has 2 rings (SSSR count). The molecule has 1 N–H and O–H groups in total. The molecule has 1 amide bonds. The third-order valence-corrected chi connectivity index (χ3v) is 3.15. The van der Waals surface area contributed by atoms with Crippen molar-refractivity contribution < 1.29 is 23.8 Å². The SMILES string of the molecule is CCCOc1cc(F)ccc1N1CC(C(=O)O)CC1=O. The number of benzene rings is 1. The summed E-state index contributed by atoms with van der Waals surface area (Å²) in [6.07, 6.45) is 0.710. The van der Waals surface area contributed by atoms with Crippen LogP contribution in [0.1, 0.15) is 19.8 Å². The Kier molecular flexibility index (Phi) is 4.22. The topological polar surface area (TPSA) is 66.8 Å². The van der Waals surface area contributed by atoms with Gasteiger partial charge >= 0.3 is 5.97 Å². The summed E-state index contributed by atoms with van der Waals surface area (Å²) in [6.45, 7) is 2.41. The summed E-state index contributed by atoms with van der Waals surface area (Å²) in [6, 6.07) is 3.89. The zero-order valence-electron chi connectivity index (χ0n) is 11.1. The van der Waals surface area contributed by atoms with Gasteiger partial charge in [0.05, 0.1) is 18.2 Å². The fourth-order valence-corrected chi connectivity index (χ4v) is 2.14. The molecule has 1 aliphatic rings. The minimum atomic E-state index is -1.00. The number of hydrogen-bond acceptors (Lipinski definition) is 3. The summed E-state index contributed by atoms with van der Waals surface area (Å²) in [4.78, 5) is 24.2. The summed E-state index contributed by atoms with van der Waals surface area (Å²) in [5.74, 6) is -2.21. The molecule has 1 atom stereocenters. The van der Waals surface area contributed by atoms with Crippen LogP contribution in [-0.2, 0) is 9.59 Å². The average Bonchev–Trinajstić information content (AvgIpc) is 2.79. The second-order valence-corrected chi connectivity index (χ2v) is 4.70. The van der Waals surface area contributed by atoms with Crippen molar-refractivity contribution in [2.45, 2.75) is 19.8 Å². The summed E-state index contributed by atoms with van der Waals surface area (Å²) in [5.41, 5.74) is 0.425. The molecular weight excluding hydrogens is 265 g/mol. The van der Waals surface area contributed by atoms with Crippen LogP contribution < -0.4 is 9.64 Å². The van der Waals surface area contributed by atoms with Gasteiger partial charge in [-0.05, 0) is 18.6 Å². The van der Waals surface area contributed by atoms with E-state index in [9.17, 15) is 14.0 Å². The summed E-state index contributed by atoms with van der Waals surface area (Å²) in [7, 11) is 0. The highest BCUT2D eigenvalue weighted by Crippen LogP contribution is 2.34. The highest BCUT2D eigenvalue weighted by atomic mass is 19.1. The van der Waals surface area contributed by atoms with Gasteiger partial charge in [0.1, 0.15) is 11.6 Å². The maximum atomic E-state index is 13.3. The monoisotopic (exact) mass is 281 g/mol. The molecular formula is C14H16FNO4. The van der Waals surface area contributed by atoms with E-state index in [0.717, 1.165) is 6.42 Å². The fourth-order valence-electron chi connectivity index (χ4n) is 2.14. The molecule has 1 heterocycles. The Bertz CT molecular complexity index is 532. The van der Waals surface area contributed by atoms with Gasteiger partial charge in [-0.15, -0.1) is 0 Å². The van der Waals surface area contributed by atoms with Gasteiger partial charge in [0.25, 0.3) is 0 Å². The van der Waals surface area contributed by atoms with E-state index in [4.69, 9.17) is 9.84 Å². The highest BCUT2D eigenvalue weighted by Gasteiger charge is 2.36. The number of carboxylic acid groups (broad SMARTS) is 1. The lowest BCUT2D eigenvalue weighted by Crippen LogP contribution is -2.26. The van der Waals surface area contributed by atoms with Gasteiger partial charge in [0.15, 0.2) is 0 Å². The third kappa shape index (κ3) is 2.89. The minimum absolute atomic E-state index is 0.0417. The third-order valence-electron chi connectivity index (χ3n) is 3.15. The van der Waals surface area contributed by atoms with E-state index < -0.39 is 17.7 Å². The molecule has 1 aliphatic heterocycles. The predicted octanol–water partition coefficient (Wildman–Crippen LogP) is 2.05. The van der Waals surface area contributed by atoms with E-state index >= 15 is 0 Å². The number of carbonyl (C=O) groups excluding carboxylic acids is 1. The number of carboxylic acids is 1. The molecule has 0 radical (unpaired) electrons. The maximum absolute atomic E-state index is 13.3. The fraction of sp³-hybridized carbons (Fsp3) is 0.429. The second-order valence-electron chi connectivity index (χ2n) is 4.70. The van der Waals surface area contributed by atoms with E-state index in [1.165, 1.54) is 23.1 Å². The van der Waals surface area contributed by atoms with E-state index in [2.05, 4.69) is 0 Å². The van der Waals surface area contributed by atoms with E-state index in [0.29, 0.717) is 12.3 Å². The van der Waals surface area contributed by atoms with Crippen molar-refractivity contribution in [2.24, 2.45) is 5.92 Å². The van der Waals surface area contributed by atoms with Crippen LogP contribution in [0.15, 0.2) is 18.2 Å². The Labute approximate surface area is 116 Å². The normalized spacial score (nSPS) is 18.4. The van der Waals surface area contributed by atoms with E-state index in [-0.39, 0.29) is 24.6 Å². The van der Waals surface area contributed by atoms with Gasteiger partial charge in [0.2, 0.25) is 5.91 Å². The van der Waals surface area contributed by atoms with Crippen molar-refractivity contribution >= 4 is 17.6 Å². The summed E-state index contributed by atoms with van der Waals surface area (Å²) in [5, 5.41) is 8.98. The number of carbonyl (C=O) groups is 2. The number of halogens is 1. The molecule has 0 saturated carbocycles. The van der Waals surface area contributed by atoms with Crippen LogP contribution in [0.5, 0.6) is 5.75 Å². The standard InChI is InChI=1S/C14H16FNO4/c1-2-5-20-12-7-10(15)3-4-11(12)16-8-9(14(18)19)6-13(16)17/h3-4,7,9H,2,5-6,8H2,1H3,(H,18,19). The van der Waals surface area contributed by atoms with Crippen molar-refractivity contribution in [3.05, 3.63) is 24.0 Å². The first kappa shape index (κ1) is 14.3. The highest BCUT2D eigenvalue weighted by molar-refractivity contribution is 6.00. The van der Waals surface area contributed by atoms with Gasteiger partial charge in [-0.1, -0.05) is 6.92 Å². The average molecular weight is 281 g/mol. The summed E-state index contributed by atoms with van der Waals surface area (Å²) >= 11 is 0. The van der Waals surface area contributed by atoms with Gasteiger partial charge in [-0.2, -0.15) is 0 Å². The number of ether oxygens (including phenoxy) is 1. The molecule has 0 spiro atoms. The molecule has 20 heavy (non-hydrogen) atoms. The molecule has 1 aromatic carbocycles. The van der Waals surface area contributed by atoms with Crippen LogP contribution in [0.3, 0.4) is 0 Å². The lowest BCUT2D eigenvalue weighted by atomic mass is 10.1. The number of anilines is 1. The van der Waals surface area contributed by atoms with Gasteiger partial charge in [0, 0.05) is 19.0 Å². The minimum Gasteiger partial charge on any atom is -0.491 e. The quantitative estimate of drug-likeness (QED) is 0.897. The molecule has 1 aromatic rings. The first-order chi connectivity index (χ1) is 9.52. The molecule has 5 nitrogen and oxygen atoms in total. The number of rotatable bonds is 5. The van der Waals surface area contributed by atoms with E-state index in [1.54, 1.807) is 0 Å². The Balaban J connectivity index is 2.27. The van der Waals surface area contributed by atoms with Crippen LogP contribution in [-0.4, -0.2) is 30.1 Å². The molecule has 6 heteroatoms. The van der Waals surface area contributed by atoms with Crippen LogP contribution in [0.4, 0.5) is 10.1 Å². The van der Waals surface area contributed by atoms with Crippen molar-refractivity contribution in [3.63, 3.8) is 0 Å². The van der Waals surface area contributed by atoms with Crippen molar-refractivity contribution in [1.82, 2.24) is 0 Å². The molecule has 1 fully saturated rings. The Morgan fingerprint density at radius 2 is 2.30 bits per heavy atom. The van der Waals surface area contributed by atoms with Crippen LogP contribution >= 0.6 is 0 Å². The molecule has 1 unspecified atom stereocenters. The molecule has 0 aliphatic carbocycles. The lowest BCUT2D eigenvalue weighted by Gasteiger charge is -2.20. The summed E-state index contributed by atoms with van der Waals surface area (Å²) < 4.78 is 18.7. The van der Waals surface area contributed by atoms with Crippen molar-refractivity contribution in [2.75, 3.05) is 18.1 Å². The van der Waals surface area contributed by atoms with E-state index in [1.807, 2.05) is 6.92 Å². The van der Waals surface area contributed by atoms with Crippen LogP contribution in [0.25, 0.3) is 0 Å². The molecule has 0 aromatic heterocycles. The predicted molar refractivity (Wildman–Crippen MR) is 70.3 cm³/mol. The van der Waals surface area contributed by atoms with Gasteiger partial charge in [-0.25, -0.2) is 4.39 Å². The van der Waals surface area contributed by atoms with Crippen LogP contribution in [0, 0.1) is 11.7 Å². The van der Waals surface area contributed by atoms with Crippen molar-refractivity contribution in [3.8, 4) is 5.75 Å². The first-order valence-electron chi connectivity index (χ1n) is 6.48. The molecule has 108 valence electrons. The van der Waals surface area contributed by atoms with Crippen LogP contribution in [0.2, 0.25) is 0 Å². The Morgan fingerprint density at radius 1 is 1.55 bits per heavy atom. The molecule has 0 bridgehead atoms. The van der Waals surface area contributed by atoms with Gasteiger partial charge in [-0.3, -0.25) is 9.59 Å². The zero-order valence-corrected chi connectivity index (χ0v) is 11.1. The smallest absolute Gasteiger partial charge is 0.308 e. The number of hydrogen-bond donors (Lipinski definition) is 1. The zero-order chi connectivity index (χ0) is 14.7. The lowest BCUT2D eigenvalue weighted by molar-refractivity contribution is -0.141. The van der Waals surface area contributed by atoms with Gasteiger partial charge < -0.3 is 14.7 Å². The van der Waals surface area contributed by atoms with Crippen molar-refractivity contribution in [1.29, 1.82) is 0 Å². The second kappa shape index (κ2) is 5.90. The number of aliphatic carboxylic acids is 1. The Morgan fingerprint density at radius 3 is 2.90 bits per heavy atom. The Hall–Kier alpha value is -2.11. The number of amides is 1.